The third-order valence-corrected chi connectivity index (χ3v) is 2.73. The number of carbonyl (C=O) groups excluding carboxylic acids is 1. The third kappa shape index (κ3) is 1.98. The van der Waals surface area contributed by atoms with E-state index in [1.54, 1.807) is 5.01 Å². The van der Waals surface area contributed by atoms with Crippen molar-refractivity contribution in [3.63, 3.8) is 0 Å². The number of benzene rings is 1. The molecular formula is C13H16N2O. The van der Waals surface area contributed by atoms with Gasteiger partial charge in [0.2, 0.25) is 5.91 Å². The Balaban J connectivity index is 2.21. The maximum atomic E-state index is 11.9. The molecule has 0 fully saturated rings. The quantitative estimate of drug-likeness (QED) is 0.748. The highest BCUT2D eigenvalue weighted by atomic mass is 16.2. The number of hydrazone groups is 1. The van der Waals surface area contributed by atoms with E-state index in [-0.39, 0.29) is 17.9 Å². The van der Waals surface area contributed by atoms with Gasteiger partial charge in [0.25, 0.3) is 0 Å². The van der Waals surface area contributed by atoms with E-state index >= 15 is 0 Å². The van der Waals surface area contributed by atoms with Crippen molar-refractivity contribution in [2.24, 2.45) is 11.0 Å². The molecule has 1 aliphatic heterocycles. The highest BCUT2D eigenvalue weighted by Gasteiger charge is 2.29. The normalized spacial score (nSPS) is 19.4. The minimum atomic E-state index is -0.0125. The van der Waals surface area contributed by atoms with Crippen molar-refractivity contribution in [2.45, 2.75) is 26.3 Å². The van der Waals surface area contributed by atoms with Crippen LogP contribution in [0.5, 0.6) is 0 Å². The van der Waals surface area contributed by atoms with Crippen molar-refractivity contribution >= 4 is 12.1 Å². The molecule has 0 aliphatic carbocycles. The lowest BCUT2D eigenvalue weighted by Crippen LogP contribution is -2.30. The van der Waals surface area contributed by atoms with E-state index in [1.165, 1.54) is 0 Å². The largest absolute Gasteiger partial charge is 0.273 e. The Hall–Kier alpha value is -1.64. The molecule has 2 rings (SSSR count). The number of hydrogen-bond donors (Lipinski definition) is 0. The highest BCUT2D eigenvalue weighted by Crippen LogP contribution is 2.28. The first-order chi connectivity index (χ1) is 7.70. The zero-order chi connectivity index (χ0) is 11.5. The van der Waals surface area contributed by atoms with Gasteiger partial charge in [0.05, 0.1) is 6.04 Å². The highest BCUT2D eigenvalue weighted by molar-refractivity contribution is 5.81. The molecule has 0 saturated heterocycles. The Labute approximate surface area is 95.8 Å². The molecule has 0 aromatic heterocycles. The van der Waals surface area contributed by atoms with Crippen molar-refractivity contribution in [3.8, 4) is 0 Å². The standard InChI is InChI=1S/C13H16N2O/c1-10(2)13(16)15-12(8-9-14-15)11-6-4-3-5-7-11/h3-7,9-10,12H,8H2,1-2H3. The summed E-state index contributed by atoms with van der Waals surface area (Å²) in [7, 11) is 0. The summed E-state index contributed by atoms with van der Waals surface area (Å²) in [5.74, 6) is 0.0732. The van der Waals surface area contributed by atoms with E-state index < -0.39 is 0 Å². The molecule has 0 radical (unpaired) electrons. The molecule has 3 heteroatoms. The number of carbonyl (C=O) groups is 1. The van der Waals surface area contributed by atoms with E-state index in [2.05, 4.69) is 5.10 Å². The van der Waals surface area contributed by atoms with Crippen molar-refractivity contribution in [2.75, 3.05) is 0 Å². The molecule has 0 N–H and O–H groups in total. The summed E-state index contributed by atoms with van der Waals surface area (Å²) in [4.78, 5) is 11.9. The lowest BCUT2D eigenvalue weighted by atomic mass is 10.0. The van der Waals surface area contributed by atoms with E-state index in [4.69, 9.17) is 0 Å². The van der Waals surface area contributed by atoms with Crippen LogP contribution in [-0.4, -0.2) is 17.1 Å². The average molecular weight is 216 g/mol. The van der Waals surface area contributed by atoms with Gasteiger partial charge in [-0.25, -0.2) is 5.01 Å². The fourth-order valence-corrected chi connectivity index (χ4v) is 1.84. The van der Waals surface area contributed by atoms with Crippen molar-refractivity contribution in [1.29, 1.82) is 0 Å². The Morgan fingerprint density at radius 2 is 2.06 bits per heavy atom. The molecule has 0 bridgehead atoms. The van der Waals surface area contributed by atoms with Crippen LogP contribution in [0.25, 0.3) is 0 Å². The number of amides is 1. The topological polar surface area (TPSA) is 32.7 Å². The fourth-order valence-electron chi connectivity index (χ4n) is 1.84. The Kier molecular flexibility index (Phi) is 3.04. The molecule has 1 aromatic rings. The van der Waals surface area contributed by atoms with Gasteiger partial charge in [-0.05, 0) is 5.56 Å². The van der Waals surface area contributed by atoms with Crippen LogP contribution in [0.4, 0.5) is 0 Å². The number of rotatable bonds is 2. The van der Waals surface area contributed by atoms with Gasteiger partial charge in [0.1, 0.15) is 0 Å². The summed E-state index contributed by atoms with van der Waals surface area (Å²) in [5, 5.41) is 5.78. The van der Waals surface area contributed by atoms with Gasteiger partial charge < -0.3 is 0 Å². The van der Waals surface area contributed by atoms with E-state index in [9.17, 15) is 4.79 Å². The third-order valence-electron chi connectivity index (χ3n) is 2.73. The van der Waals surface area contributed by atoms with Crippen molar-refractivity contribution in [3.05, 3.63) is 35.9 Å². The summed E-state index contributed by atoms with van der Waals surface area (Å²) >= 11 is 0. The van der Waals surface area contributed by atoms with Crippen LogP contribution in [0.15, 0.2) is 35.4 Å². The molecule has 84 valence electrons. The molecule has 3 nitrogen and oxygen atoms in total. The lowest BCUT2D eigenvalue weighted by molar-refractivity contribution is -0.136. The molecule has 1 aromatic carbocycles. The summed E-state index contributed by atoms with van der Waals surface area (Å²) in [5.41, 5.74) is 1.15. The van der Waals surface area contributed by atoms with Gasteiger partial charge >= 0.3 is 0 Å². The molecule has 1 atom stereocenters. The molecular weight excluding hydrogens is 200 g/mol. The molecule has 1 amide bonds. The zero-order valence-electron chi connectivity index (χ0n) is 9.63. The van der Waals surface area contributed by atoms with Gasteiger partial charge in [-0.1, -0.05) is 44.2 Å². The summed E-state index contributed by atoms with van der Waals surface area (Å²) in [6.45, 7) is 3.80. The minimum Gasteiger partial charge on any atom is -0.273 e. The van der Waals surface area contributed by atoms with Gasteiger partial charge in [-0.3, -0.25) is 4.79 Å². The molecule has 1 aliphatic rings. The molecule has 0 spiro atoms. The Bertz CT molecular complexity index is 398. The Morgan fingerprint density at radius 1 is 1.38 bits per heavy atom. The van der Waals surface area contributed by atoms with Crippen molar-refractivity contribution < 1.29 is 4.79 Å². The average Bonchev–Trinajstić information content (AvgIpc) is 2.77. The molecule has 16 heavy (non-hydrogen) atoms. The van der Waals surface area contributed by atoms with Crippen LogP contribution < -0.4 is 0 Å². The van der Waals surface area contributed by atoms with Crippen LogP contribution in [0.2, 0.25) is 0 Å². The number of nitrogens with zero attached hydrogens (tertiary/aromatic N) is 2. The summed E-state index contributed by atoms with van der Waals surface area (Å²) in [6, 6.07) is 10.1. The van der Waals surface area contributed by atoms with Crippen LogP contribution in [-0.2, 0) is 4.79 Å². The predicted molar refractivity (Wildman–Crippen MR) is 64.0 cm³/mol. The maximum Gasteiger partial charge on any atom is 0.245 e. The molecule has 1 unspecified atom stereocenters. The summed E-state index contributed by atoms with van der Waals surface area (Å²) in [6.07, 6.45) is 2.63. The predicted octanol–water partition coefficient (Wildman–Crippen LogP) is 2.60. The zero-order valence-corrected chi connectivity index (χ0v) is 9.63. The maximum absolute atomic E-state index is 11.9. The van der Waals surface area contributed by atoms with Crippen LogP contribution in [0.1, 0.15) is 31.9 Å². The van der Waals surface area contributed by atoms with E-state index in [0.29, 0.717) is 0 Å². The van der Waals surface area contributed by atoms with E-state index in [1.807, 2.05) is 50.4 Å². The lowest BCUT2D eigenvalue weighted by Gasteiger charge is -2.23. The van der Waals surface area contributed by atoms with Crippen LogP contribution in [0.3, 0.4) is 0 Å². The fraction of sp³-hybridized carbons (Fsp3) is 0.385. The first kappa shape index (κ1) is 10.9. The second-order valence-corrected chi connectivity index (χ2v) is 4.30. The van der Waals surface area contributed by atoms with Crippen molar-refractivity contribution in [1.82, 2.24) is 5.01 Å². The first-order valence-electron chi connectivity index (χ1n) is 5.60. The number of hydrogen-bond acceptors (Lipinski definition) is 2. The SMILES string of the molecule is CC(C)C(=O)N1N=CCC1c1ccccc1. The van der Waals surface area contributed by atoms with Gasteiger partial charge in [-0.15, -0.1) is 0 Å². The molecule has 0 saturated carbocycles. The monoisotopic (exact) mass is 216 g/mol. The minimum absolute atomic E-state index is 0.0125. The second kappa shape index (κ2) is 4.47. The van der Waals surface area contributed by atoms with Gasteiger partial charge in [0, 0.05) is 18.6 Å². The smallest absolute Gasteiger partial charge is 0.245 e. The van der Waals surface area contributed by atoms with Crippen LogP contribution >= 0.6 is 0 Å². The molecule has 1 heterocycles. The van der Waals surface area contributed by atoms with Crippen LogP contribution in [0, 0.1) is 5.92 Å². The summed E-state index contributed by atoms with van der Waals surface area (Å²) < 4.78 is 0. The van der Waals surface area contributed by atoms with Gasteiger partial charge in [0.15, 0.2) is 0 Å². The Morgan fingerprint density at radius 3 is 2.69 bits per heavy atom. The second-order valence-electron chi connectivity index (χ2n) is 4.30. The first-order valence-corrected chi connectivity index (χ1v) is 5.60. The van der Waals surface area contributed by atoms with Gasteiger partial charge in [-0.2, -0.15) is 5.10 Å². The van der Waals surface area contributed by atoms with E-state index in [0.717, 1.165) is 12.0 Å².